The molecule has 278 valence electrons. The number of fused-ring (bicyclic) bond motifs is 2. The second-order valence-electron chi connectivity index (χ2n) is 12.6. The van der Waals surface area contributed by atoms with Crippen LogP contribution in [0.5, 0.6) is 0 Å². The monoisotopic (exact) mass is 754 g/mol. The first kappa shape index (κ1) is 39.6. The number of benzene rings is 3. The number of nitrogens with one attached hydrogen (secondary N) is 4. The number of amides is 1. The summed E-state index contributed by atoms with van der Waals surface area (Å²) < 4.78 is 16.9. The number of ether oxygens (including phenoxy) is 2. The molecule has 6 rings (SSSR count). The van der Waals surface area contributed by atoms with Crippen LogP contribution in [0, 0.1) is 24.7 Å². The van der Waals surface area contributed by atoms with Crippen LogP contribution in [0.25, 0.3) is 11.0 Å². The van der Waals surface area contributed by atoms with Gasteiger partial charge in [0.15, 0.2) is 0 Å². The van der Waals surface area contributed by atoms with Crippen molar-refractivity contribution in [1.29, 1.82) is 10.8 Å². The number of carbonyl (C=O) groups is 1. The second kappa shape index (κ2) is 19.4. The summed E-state index contributed by atoms with van der Waals surface area (Å²) in [5.74, 6) is 1.60. The molecule has 5 aromatic rings. The van der Waals surface area contributed by atoms with E-state index < -0.39 is 0 Å². The third-order valence-electron chi connectivity index (χ3n) is 8.52. The van der Waals surface area contributed by atoms with Gasteiger partial charge in [0.1, 0.15) is 28.0 Å². The van der Waals surface area contributed by atoms with Crippen molar-refractivity contribution < 1.29 is 18.7 Å². The van der Waals surface area contributed by atoms with Crippen LogP contribution in [-0.4, -0.2) is 69.4 Å². The van der Waals surface area contributed by atoms with Gasteiger partial charge in [0.2, 0.25) is 5.91 Å². The zero-order chi connectivity index (χ0) is 37.7. The lowest BCUT2D eigenvalue weighted by Gasteiger charge is -2.21. The molecule has 4 N–H and O–H groups in total. The average Bonchev–Trinajstić information content (AvgIpc) is 3.61. The van der Waals surface area contributed by atoms with Gasteiger partial charge in [-0.1, -0.05) is 66.2 Å². The summed E-state index contributed by atoms with van der Waals surface area (Å²) in [7, 11) is 0. The van der Waals surface area contributed by atoms with E-state index in [9.17, 15) is 4.79 Å². The molecule has 0 aliphatic carbocycles. The van der Waals surface area contributed by atoms with Crippen molar-refractivity contribution in [3.8, 4) is 0 Å². The molecule has 0 unspecified atom stereocenters. The van der Waals surface area contributed by atoms with Crippen molar-refractivity contribution in [1.82, 2.24) is 10.6 Å². The van der Waals surface area contributed by atoms with Gasteiger partial charge in [-0.25, -0.2) is 0 Å². The highest BCUT2D eigenvalue weighted by Crippen LogP contribution is 2.39. The van der Waals surface area contributed by atoms with Gasteiger partial charge in [0.25, 0.3) is 0 Å². The van der Waals surface area contributed by atoms with E-state index in [-0.39, 0.29) is 12.5 Å². The molecule has 2 aromatic heterocycles. The highest BCUT2D eigenvalue weighted by atomic mass is 35.5. The summed E-state index contributed by atoms with van der Waals surface area (Å²) in [5.41, 5.74) is 7.37. The molecule has 0 saturated heterocycles. The van der Waals surface area contributed by atoms with Crippen LogP contribution in [0.3, 0.4) is 0 Å². The van der Waals surface area contributed by atoms with Gasteiger partial charge in [-0.05, 0) is 61.7 Å². The van der Waals surface area contributed by atoms with Crippen molar-refractivity contribution in [2.24, 2.45) is 4.99 Å². The normalized spacial score (nSPS) is 12.5. The topological polar surface area (TPSA) is 136 Å². The number of furan rings is 1. The Morgan fingerprint density at radius 1 is 0.943 bits per heavy atom. The minimum absolute atomic E-state index is 0.0419. The number of carbonyl (C=O) groups excluding carboxylic acids is 1. The van der Waals surface area contributed by atoms with Gasteiger partial charge in [-0.3, -0.25) is 25.5 Å². The van der Waals surface area contributed by atoms with Gasteiger partial charge in [0.05, 0.1) is 38.7 Å². The number of aryl methyl sites for hydroxylation is 1. The van der Waals surface area contributed by atoms with Crippen LogP contribution >= 0.6 is 22.9 Å². The molecule has 1 amide bonds. The van der Waals surface area contributed by atoms with Gasteiger partial charge in [-0.15, -0.1) is 11.3 Å². The number of nitrogens with zero attached hydrogens (tertiary/aromatic N) is 2. The van der Waals surface area contributed by atoms with Crippen LogP contribution in [0.1, 0.15) is 52.3 Å². The molecule has 10 nitrogen and oxygen atoms in total. The average molecular weight is 755 g/mol. The van der Waals surface area contributed by atoms with E-state index in [2.05, 4.69) is 65.9 Å². The fraction of sp³-hybridized carbons (Fsp3) is 0.317. The van der Waals surface area contributed by atoms with Gasteiger partial charge in [-0.2, -0.15) is 0 Å². The number of hydrogen-bond donors (Lipinski definition) is 4. The molecule has 1 aliphatic rings. The maximum absolute atomic E-state index is 10.7. The van der Waals surface area contributed by atoms with E-state index in [1.165, 1.54) is 22.9 Å². The first-order valence-electron chi connectivity index (χ1n) is 17.6. The summed E-state index contributed by atoms with van der Waals surface area (Å²) in [6.45, 7) is 11.9. The van der Waals surface area contributed by atoms with Crippen LogP contribution in [0.15, 0.2) is 88.3 Å². The molecule has 1 aliphatic heterocycles. The molecular formula is C41H47ClN6O4S. The van der Waals surface area contributed by atoms with Crippen LogP contribution in [-0.2, 0) is 27.2 Å². The molecule has 53 heavy (non-hydrogen) atoms. The van der Waals surface area contributed by atoms with Crippen molar-refractivity contribution in [2.75, 3.05) is 51.0 Å². The predicted molar refractivity (Wildman–Crippen MR) is 217 cm³/mol. The van der Waals surface area contributed by atoms with Crippen molar-refractivity contribution in [2.45, 2.75) is 40.7 Å². The minimum Gasteiger partial charge on any atom is -0.461 e. The van der Waals surface area contributed by atoms with E-state index in [0.717, 1.165) is 63.6 Å². The van der Waals surface area contributed by atoms with E-state index in [0.29, 0.717) is 49.7 Å². The summed E-state index contributed by atoms with van der Waals surface area (Å²) in [4.78, 5) is 18.2. The Morgan fingerprint density at radius 2 is 1.66 bits per heavy atom. The van der Waals surface area contributed by atoms with E-state index >= 15 is 0 Å². The lowest BCUT2D eigenvalue weighted by molar-refractivity contribution is -0.119. The molecule has 3 heterocycles. The zero-order valence-electron chi connectivity index (χ0n) is 30.7. The first-order chi connectivity index (χ1) is 25.6. The third kappa shape index (κ3) is 11.2. The molecule has 0 radical (unpaired) electrons. The van der Waals surface area contributed by atoms with Gasteiger partial charge < -0.3 is 24.5 Å². The Labute approximate surface area is 320 Å². The summed E-state index contributed by atoms with van der Waals surface area (Å²) in [5, 5.41) is 25.1. The zero-order valence-corrected chi connectivity index (χ0v) is 32.3. The number of hydrogen-bond acceptors (Lipinski definition) is 9. The molecule has 0 atom stereocenters. The predicted octanol–water partition coefficient (Wildman–Crippen LogP) is 7.93. The summed E-state index contributed by atoms with van der Waals surface area (Å²) >= 11 is 7.61. The summed E-state index contributed by atoms with van der Waals surface area (Å²) in [6.07, 6.45) is 0.803. The lowest BCUT2D eigenvalue weighted by Crippen LogP contribution is -2.35. The summed E-state index contributed by atoms with van der Waals surface area (Å²) in [6, 6.07) is 26.4. The second-order valence-corrected chi connectivity index (χ2v) is 14.3. The highest BCUT2D eigenvalue weighted by Gasteiger charge is 2.29. The standard InChI is InChI=1S/C24H30N2O4.C17H17ClN4S/c1-19(27)26-10-12-29-14-13-28-11-9-25-18-21-7-8-22-17-23(30-24(22)16-21)15-20-5-3-2-4-6-20;1-9-10(2)23-17-15(9)16(12-4-6-13(18)7-5-12)21-8-14(20)22(17)11(3)19/h2-8,16-17,25H,9-15,18H2,1H3,(H,26,27);4-7,19-20H,8H2,1-3H3. The Morgan fingerprint density at radius 3 is 2.36 bits per heavy atom. The Bertz CT molecular complexity index is 2040. The molecule has 0 saturated carbocycles. The fourth-order valence-electron chi connectivity index (χ4n) is 5.79. The SMILES string of the molecule is CC(=N)N1C(=N)CN=C(c2ccc(Cl)cc2)c2c1sc(C)c2C.CC(=O)NCCOCCOCCNCc1ccc2cc(Cc3ccccc3)oc2c1. The lowest BCUT2D eigenvalue weighted by atomic mass is 10.00. The fourth-order valence-corrected chi connectivity index (χ4v) is 7.15. The van der Waals surface area contributed by atoms with Crippen molar-refractivity contribution in [3.05, 3.63) is 122 Å². The molecule has 0 spiro atoms. The Hall–Kier alpha value is -4.65. The molecule has 3 aromatic carbocycles. The van der Waals surface area contributed by atoms with Crippen LogP contribution < -0.4 is 15.5 Å². The third-order valence-corrected chi connectivity index (χ3v) is 9.96. The number of aliphatic imine (C=N–C) groups is 1. The maximum Gasteiger partial charge on any atom is 0.216 e. The smallest absolute Gasteiger partial charge is 0.216 e. The highest BCUT2D eigenvalue weighted by molar-refractivity contribution is 7.17. The number of amidine groups is 2. The molecule has 12 heteroatoms. The van der Waals surface area contributed by atoms with Crippen LogP contribution in [0.4, 0.5) is 5.00 Å². The number of halogens is 1. The Balaban J connectivity index is 0.000000211. The molecule has 0 bridgehead atoms. The number of rotatable bonds is 14. The van der Waals surface area contributed by atoms with E-state index in [4.69, 9.17) is 36.3 Å². The van der Waals surface area contributed by atoms with Gasteiger partial charge in [0, 0.05) is 59.4 Å². The molecule has 0 fully saturated rings. The number of anilines is 1. The van der Waals surface area contributed by atoms with Crippen LogP contribution in [0.2, 0.25) is 5.02 Å². The number of thiophene rings is 1. The minimum atomic E-state index is -0.0419. The Kier molecular flexibility index (Phi) is 14.5. The molecular weight excluding hydrogens is 708 g/mol. The van der Waals surface area contributed by atoms with Crippen molar-refractivity contribution >= 4 is 62.2 Å². The quantitative estimate of drug-likeness (QED) is 0.0517. The van der Waals surface area contributed by atoms with Crippen molar-refractivity contribution in [3.63, 3.8) is 0 Å². The van der Waals surface area contributed by atoms with E-state index in [1.54, 1.807) is 23.2 Å². The van der Waals surface area contributed by atoms with E-state index in [1.807, 2.05) is 42.5 Å². The van der Waals surface area contributed by atoms with Gasteiger partial charge >= 0.3 is 0 Å². The largest absolute Gasteiger partial charge is 0.461 e. The maximum atomic E-state index is 10.7. The first-order valence-corrected chi connectivity index (χ1v) is 18.8.